The minimum Gasteiger partial charge on any atom is -0.392 e. The molecular formula is C14H29NO. The van der Waals surface area contributed by atoms with Crippen LogP contribution in [0.25, 0.3) is 0 Å². The van der Waals surface area contributed by atoms with Crippen LogP contribution in [0, 0.1) is 11.8 Å². The van der Waals surface area contributed by atoms with E-state index in [0.29, 0.717) is 6.04 Å². The fourth-order valence-electron chi connectivity index (χ4n) is 2.73. The number of hydrogen-bond acceptors (Lipinski definition) is 2. The van der Waals surface area contributed by atoms with Crippen molar-refractivity contribution in [3.63, 3.8) is 0 Å². The molecule has 16 heavy (non-hydrogen) atoms. The zero-order valence-corrected chi connectivity index (χ0v) is 11.2. The van der Waals surface area contributed by atoms with E-state index >= 15 is 0 Å². The molecule has 96 valence electrons. The van der Waals surface area contributed by atoms with Crippen molar-refractivity contribution < 1.29 is 5.11 Å². The summed E-state index contributed by atoms with van der Waals surface area (Å²) in [7, 11) is 0. The molecule has 1 saturated carbocycles. The summed E-state index contributed by atoms with van der Waals surface area (Å²) in [5, 5.41) is 13.2. The summed E-state index contributed by atoms with van der Waals surface area (Å²) >= 11 is 0. The van der Waals surface area contributed by atoms with Crippen LogP contribution in [-0.4, -0.2) is 23.8 Å². The molecule has 1 aliphatic carbocycles. The molecule has 0 aromatic heterocycles. The van der Waals surface area contributed by atoms with Gasteiger partial charge < -0.3 is 10.4 Å². The van der Waals surface area contributed by atoms with E-state index in [-0.39, 0.29) is 6.10 Å². The van der Waals surface area contributed by atoms with Crippen LogP contribution in [0.15, 0.2) is 0 Å². The molecule has 1 aliphatic rings. The van der Waals surface area contributed by atoms with Gasteiger partial charge in [0.25, 0.3) is 0 Å². The van der Waals surface area contributed by atoms with Gasteiger partial charge in [0, 0.05) is 12.6 Å². The quantitative estimate of drug-likeness (QED) is 0.731. The van der Waals surface area contributed by atoms with Gasteiger partial charge in [-0.2, -0.15) is 0 Å². The Bertz CT molecular complexity index is 174. The molecule has 1 fully saturated rings. The van der Waals surface area contributed by atoms with Gasteiger partial charge in [-0.15, -0.1) is 0 Å². The van der Waals surface area contributed by atoms with Crippen molar-refractivity contribution in [2.45, 2.75) is 71.4 Å². The molecule has 0 bridgehead atoms. The predicted octanol–water partition coefficient (Wildman–Crippen LogP) is 2.95. The highest BCUT2D eigenvalue weighted by Gasteiger charge is 2.23. The van der Waals surface area contributed by atoms with Gasteiger partial charge in [0.1, 0.15) is 0 Å². The Balaban J connectivity index is 2.12. The number of hydrogen-bond donors (Lipinski definition) is 2. The largest absolute Gasteiger partial charge is 0.392 e. The van der Waals surface area contributed by atoms with Crippen molar-refractivity contribution in [3.05, 3.63) is 0 Å². The van der Waals surface area contributed by atoms with Crippen LogP contribution in [0.3, 0.4) is 0 Å². The molecule has 1 atom stereocenters. The third-order valence-corrected chi connectivity index (χ3v) is 3.98. The summed E-state index contributed by atoms with van der Waals surface area (Å²) < 4.78 is 0. The number of rotatable bonds is 6. The van der Waals surface area contributed by atoms with E-state index in [1.54, 1.807) is 0 Å². The monoisotopic (exact) mass is 227 g/mol. The Hall–Kier alpha value is -0.0800. The van der Waals surface area contributed by atoms with Crippen LogP contribution in [0.5, 0.6) is 0 Å². The molecular weight excluding hydrogens is 198 g/mol. The zero-order valence-electron chi connectivity index (χ0n) is 11.2. The van der Waals surface area contributed by atoms with Gasteiger partial charge in [0.2, 0.25) is 0 Å². The normalized spacial score (nSPS) is 28.3. The number of aliphatic hydroxyl groups excluding tert-OH is 1. The van der Waals surface area contributed by atoms with Crippen LogP contribution < -0.4 is 5.32 Å². The van der Waals surface area contributed by atoms with E-state index in [4.69, 9.17) is 0 Å². The van der Waals surface area contributed by atoms with Gasteiger partial charge in [-0.25, -0.2) is 0 Å². The topological polar surface area (TPSA) is 32.3 Å². The molecule has 2 heteroatoms. The summed E-state index contributed by atoms with van der Waals surface area (Å²) in [4.78, 5) is 0. The van der Waals surface area contributed by atoms with Crippen LogP contribution >= 0.6 is 0 Å². The Kier molecular flexibility index (Phi) is 6.37. The maximum atomic E-state index is 9.66. The molecule has 0 aromatic rings. The lowest BCUT2D eigenvalue weighted by Crippen LogP contribution is -2.38. The van der Waals surface area contributed by atoms with Gasteiger partial charge in [0.15, 0.2) is 0 Å². The predicted molar refractivity (Wildman–Crippen MR) is 69.5 cm³/mol. The minimum absolute atomic E-state index is 0.146. The van der Waals surface area contributed by atoms with Crippen LogP contribution in [0.2, 0.25) is 0 Å². The number of nitrogens with one attached hydrogen (secondary N) is 1. The lowest BCUT2D eigenvalue weighted by atomic mass is 9.80. The third-order valence-electron chi connectivity index (χ3n) is 3.98. The van der Waals surface area contributed by atoms with Crippen LogP contribution in [0.4, 0.5) is 0 Å². The zero-order chi connectivity index (χ0) is 12.0. The summed E-state index contributed by atoms with van der Waals surface area (Å²) in [6.45, 7) is 7.58. The highest BCUT2D eigenvalue weighted by atomic mass is 16.3. The molecule has 0 aromatic carbocycles. The molecule has 0 spiro atoms. The second kappa shape index (κ2) is 7.29. The molecule has 0 heterocycles. The molecule has 0 aliphatic heterocycles. The average molecular weight is 227 g/mol. The Morgan fingerprint density at radius 2 is 1.81 bits per heavy atom. The second-order valence-corrected chi connectivity index (χ2v) is 5.71. The van der Waals surface area contributed by atoms with Crippen molar-refractivity contribution in [1.29, 1.82) is 0 Å². The Labute approximate surface area is 101 Å². The summed E-state index contributed by atoms with van der Waals surface area (Å²) in [5.41, 5.74) is 0. The summed E-state index contributed by atoms with van der Waals surface area (Å²) in [5.74, 6) is 1.77. The molecule has 1 unspecified atom stereocenters. The van der Waals surface area contributed by atoms with Gasteiger partial charge in [0.05, 0.1) is 6.10 Å². The highest BCUT2D eigenvalue weighted by molar-refractivity contribution is 4.79. The van der Waals surface area contributed by atoms with Gasteiger partial charge in [-0.3, -0.25) is 0 Å². The van der Waals surface area contributed by atoms with E-state index in [0.717, 1.165) is 31.2 Å². The maximum Gasteiger partial charge on any atom is 0.0664 e. The van der Waals surface area contributed by atoms with E-state index in [1.807, 2.05) is 0 Å². The van der Waals surface area contributed by atoms with Crippen LogP contribution in [0.1, 0.15) is 59.3 Å². The van der Waals surface area contributed by atoms with Crippen molar-refractivity contribution in [2.24, 2.45) is 11.8 Å². The van der Waals surface area contributed by atoms with E-state index in [2.05, 4.69) is 26.1 Å². The fraction of sp³-hybridized carbons (Fsp3) is 1.00. The van der Waals surface area contributed by atoms with E-state index in [1.165, 1.54) is 25.7 Å². The van der Waals surface area contributed by atoms with Crippen molar-refractivity contribution in [2.75, 3.05) is 6.54 Å². The summed E-state index contributed by atoms with van der Waals surface area (Å²) in [6, 6.07) is 0.654. The first-order chi connectivity index (χ1) is 7.63. The minimum atomic E-state index is -0.146. The SMILES string of the molecule is CCCC(O)CNC1CCC(C(C)C)CC1. The van der Waals surface area contributed by atoms with Crippen molar-refractivity contribution in [1.82, 2.24) is 5.32 Å². The average Bonchev–Trinajstić information content (AvgIpc) is 2.27. The van der Waals surface area contributed by atoms with Gasteiger partial charge in [-0.1, -0.05) is 27.2 Å². The molecule has 0 radical (unpaired) electrons. The first-order valence-corrected chi connectivity index (χ1v) is 7.05. The molecule has 2 nitrogen and oxygen atoms in total. The van der Waals surface area contributed by atoms with Crippen molar-refractivity contribution >= 4 is 0 Å². The second-order valence-electron chi connectivity index (χ2n) is 5.71. The molecule has 0 amide bonds. The Morgan fingerprint density at radius 3 is 2.31 bits per heavy atom. The lowest BCUT2D eigenvalue weighted by Gasteiger charge is -2.31. The summed E-state index contributed by atoms with van der Waals surface area (Å²) in [6.07, 6.45) is 7.16. The van der Waals surface area contributed by atoms with Gasteiger partial charge >= 0.3 is 0 Å². The number of aliphatic hydroxyl groups is 1. The van der Waals surface area contributed by atoms with E-state index in [9.17, 15) is 5.11 Å². The van der Waals surface area contributed by atoms with Crippen LogP contribution in [-0.2, 0) is 0 Å². The molecule has 1 rings (SSSR count). The third kappa shape index (κ3) is 4.84. The van der Waals surface area contributed by atoms with Crippen molar-refractivity contribution in [3.8, 4) is 0 Å². The lowest BCUT2D eigenvalue weighted by molar-refractivity contribution is 0.147. The fourth-order valence-corrected chi connectivity index (χ4v) is 2.73. The molecule has 0 saturated heterocycles. The highest BCUT2D eigenvalue weighted by Crippen LogP contribution is 2.29. The standard InChI is InChI=1S/C14H29NO/c1-4-5-14(16)10-15-13-8-6-12(7-9-13)11(2)3/h11-16H,4-10H2,1-3H3. The van der Waals surface area contributed by atoms with Gasteiger partial charge in [-0.05, 0) is 43.9 Å². The Morgan fingerprint density at radius 1 is 1.19 bits per heavy atom. The smallest absolute Gasteiger partial charge is 0.0664 e. The maximum absolute atomic E-state index is 9.66. The first-order valence-electron chi connectivity index (χ1n) is 7.05. The van der Waals surface area contributed by atoms with E-state index < -0.39 is 0 Å². The first kappa shape index (κ1) is 14.0. The molecule has 2 N–H and O–H groups in total.